The summed E-state index contributed by atoms with van der Waals surface area (Å²) in [6, 6.07) is 7.25. The number of ether oxygens (including phenoxy) is 3. The molecule has 4 heterocycles. The number of rotatable bonds is 2. The Bertz CT molecular complexity index is 1490. The number of aliphatic hydroxyl groups is 2. The minimum atomic E-state index is -4.26. The van der Waals surface area contributed by atoms with Crippen LogP contribution in [0.1, 0.15) is 65.0 Å². The number of hydrogen-bond acceptors (Lipinski definition) is 13. The number of nitrogens with one attached hydrogen (secondary N) is 1. The van der Waals surface area contributed by atoms with Gasteiger partial charge in [0.05, 0.1) is 26.1 Å². The number of imidazole rings is 1. The molecule has 0 saturated carbocycles. The zero-order chi connectivity index (χ0) is 32.0. The predicted molar refractivity (Wildman–Crippen MR) is 162 cm³/mol. The van der Waals surface area contributed by atoms with Crippen molar-refractivity contribution in [2.24, 2.45) is 0 Å². The molecule has 0 radical (unpaired) electrons. The zero-order valence-corrected chi connectivity index (χ0v) is 26.3. The Hall–Kier alpha value is -3.33. The van der Waals surface area contributed by atoms with Gasteiger partial charge < -0.3 is 34.7 Å². The molecule has 3 aromatic rings. The minimum absolute atomic E-state index is 0.0588. The average molecular weight is 649 g/mol. The largest absolute Gasteiger partial charge is 0.476 e. The maximum absolute atomic E-state index is 14.0. The topological polar surface area (TPSA) is 202 Å². The number of carbonyl (C=O) groups is 1. The first-order valence-corrected chi connectivity index (χ1v) is 16.7. The number of benzene rings is 1. The molecule has 1 fully saturated rings. The van der Waals surface area contributed by atoms with Gasteiger partial charge in [-0.15, -0.1) is 0 Å². The van der Waals surface area contributed by atoms with Crippen molar-refractivity contribution in [2.75, 3.05) is 25.6 Å². The van der Waals surface area contributed by atoms with E-state index in [4.69, 9.17) is 29.0 Å². The third-order valence-electron chi connectivity index (χ3n) is 7.77. The van der Waals surface area contributed by atoms with Crippen molar-refractivity contribution in [1.29, 1.82) is 0 Å². The van der Waals surface area contributed by atoms with Crippen molar-refractivity contribution in [3.8, 4) is 11.6 Å². The molecule has 16 heteroatoms. The molecule has 0 aliphatic carbocycles. The number of nitrogens with two attached hydrogens (primary N) is 1. The van der Waals surface area contributed by atoms with E-state index < -0.39 is 50.4 Å². The first-order chi connectivity index (χ1) is 21.6. The number of carbonyl (C=O) groups excluding carboxylic acids is 1. The van der Waals surface area contributed by atoms with Gasteiger partial charge in [0.25, 0.3) is 0 Å². The van der Waals surface area contributed by atoms with E-state index in [0.29, 0.717) is 18.5 Å². The van der Waals surface area contributed by atoms with Gasteiger partial charge in [-0.05, 0) is 38.8 Å². The van der Waals surface area contributed by atoms with Gasteiger partial charge >= 0.3 is 13.7 Å². The molecule has 246 valence electrons. The van der Waals surface area contributed by atoms with E-state index in [1.54, 1.807) is 30.3 Å². The van der Waals surface area contributed by atoms with E-state index in [0.717, 1.165) is 38.5 Å². The number of aliphatic hydroxyl groups excluding tert-OH is 1. The lowest BCUT2D eigenvalue weighted by Gasteiger charge is -2.27. The summed E-state index contributed by atoms with van der Waals surface area (Å²) in [6.45, 7) is 3.03. The van der Waals surface area contributed by atoms with Crippen LogP contribution in [-0.2, 0) is 23.4 Å². The fraction of sp³-hybridized carbons (Fsp3) is 0.586. The SMILES string of the molecule is C[C@@H]1NP(=O)(Oc2ccccc2)OCC2OC(n3cnc4c(nc(N)nc43)OCCCCCCCCCOC1=O)[C@](C)(O)[C@@H]2O. The van der Waals surface area contributed by atoms with Crippen LogP contribution in [0.3, 0.4) is 0 Å². The van der Waals surface area contributed by atoms with Gasteiger partial charge in [-0.1, -0.05) is 50.3 Å². The molecule has 5 rings (SSSR count). The van der Waals surface area contributed by atoms with E-state index in [1.165, 1.54) is 24.7 Å². The second-order valence-corrected chi connectivity index (χ2v) is 13.1. The molecule has 1 aromatic carbocycles. The number of fused-ring (bicyclic) bond motifs is 3. The fourth-order valence-electron chi connectivity index (χ4n) is 5.28. The first kappa shape index (κ1) is 33.0. The fourth-order valence-corrected chi connectivity index (χ4v) is 6.78. The summed E-state index contributed by atoms with van der Waals surface area (Å²) < 4.78 is 44.2. The highest BCUT2D eigenvalue weighted by Crippen LogP contribution is 2.47. The lowest BCUT2D eigenvalue weighted by atomic mass is 9.96. The van der Waals surface area contributed by atoms with E-state index >= 15 is 0 Å². The van der Waals surface area contributed by atoms with Crippen LogP contribution in [0.25, 0.3) is 11.2 Å². The molecule has 6 bridgehead atoms. The van der Waals surface area contributed by atoms with Gasteiger partial charge in [0.2, 0.25) is 11.8 Å². The summed E-state index contributed by atoms with van der Waals surface area (Å²) in [6.07, 6.45) is 3.93. The molecule has 1 saturated heterocycles. The van der Waals surface area contributed by atoms with Gasteiger partial charge in [0, 0.05) is 0 Å². The van der Waals surface area contributed by atoms with Crippen molar-refractivity contribution in [2.45, 2.75) is 88.9 Å². The minimum Gasteiger partial charge on any atom is -0.476 e. The van der Waals surface area contributed by atoms with E-state index in [2.05, 4.69) is 20.0 Å². The van der Waals surface area contributed by atoms with Crippen molar-refractivity contribution in [3.05, 3.63) is 36.7 Å². The molecule has 3 unspecified atom stereocenters. The second kappa shape index (κ2) is 14.4. The summed E-state index contributed by atoms with van der Waals surface area (Å²) in [4.78, 5) is 25.6. The highest BCUT2D eigenvalue weighted by atomic mass is 31.2. The van der Waals surface area contributed by atoms with Gasteiger partial charge in [0.15, 0.2) is 17.4 Å². The summed E-state index contributed by atoms with van der Waals surface area (Å²) in [5.74, 6) is -0.244. The van der Waals surface area contributed by atoms with Gasteiger partial charge in [0.1, 0.15) is 29.6 Å². The molecule has 45 heavy (non-hydrogen) atoms. The highest BCUT2D eigenvalue weighted by molar-refractivity contribution is 7.52. The number of anilines is 1. The maximum atomic E-state index is 14.0. The third-order valence-corrected chi connectivity index (χ3v) is 9.41. The van der Waals surface area contributed by atoms with Gasteiger partial charge in [-0.25, -0.2) is 9.55 Å². The molecule has 6 atom stereocenters. The Morgan fingerprint density at radius 2 is 1.73 bits per heavy atom. The van der Waals surface area contributed by atoms with Crippen LogP contribution in [0.15, 0.2) is 36.7 Å². The normalized spacial score (nSPS) is 31.2. The Labute approximate surface area is 261 Å². The highest BCUT2D eigenvalue weighted by Gasteiger charge is 2.54. The number of nitrogen functional groups attached to an aromatic ring is 1. The summed E-state index contributed by atoms with van der Waals surface area (Å²) in [5, 5.41) is 25.2. The van der Waals surface area contributed by atoms with Crippen LogP contribution < -0.4 is 20.1 Å². The lowest BCUT2D eigenvalue weighted by Crippen LogP contribution is -2.44. The Balaban J connectivity index is 1.41. The maximum Gasteiger partial charge on any atom is 0.459 e. The van der Waals surface area contributed by atoms with E-state index in [1.807, 2.05) is 0 Å². The predicted octanol–water partition coefficient (Wildman–Crippen LogP) is 3.27. The Morgan fingerprint density at radius 1 is 1.07 bits per heavy atom. The molecule has 15 nitrogen and oxygen atoms in total. The van der Waals surface area contributed by atoms with Crippen LogP contribution in [0.2, 0.25) is 0 Å². The van der Waals surface area contributed by atoms with Gasteiger partial charge in [-0.3, -0.25) is 13.9 Å². The number of nitrogens with zero attached hydrogens (tertiary/aromatic N) is 4. The van der Waals surface area contributed by atoms with E-state index in [-0.39, 0.29) is 29.8 Å². The molecular formula is C29H41N6O9P. The lowest BCUT2D eigenvalue weighted by molar-refractivity contribution is -0.145. The van der Waals surface area contributed by atoms with E-state index in [9.17, 15) is 19.6 Å². The van der Waals surface area contributed by atoms with Crippen molar-refractivity contribution < 1.29 is 42.8 Å². The smallest absolute Gasteiger partial charge is 0.459 e. The zero-order valence-electron chi connectivity index (χ0n) is 25.4. The average Bonchev–Trinajstić information content (AvgIpc) is 3.51. The Kier molecular flexibility index (Phi) is 10.6. The van der Waals surface area contributed by atoms with Crippen LogP contribution in [0.5, 0.6) is 11.6 Å². The monoisotopic (exact) mass is 648 g/mol. The summed E-state index contributed by atoms with van der Waals surface area (Å²) >= 11 is 0. The Morgan fingerprint density at radius 3 is 2.44 bits per heavy atom. The molecule has 2 aliphatic heterocycles. The standard InChI is InChI=1S/C29H41N6O9P/c1-19-26(37)41-16-12-7-5-3-4-6-11-15-40-25-22-24(32-28(30)33-25)35(18-31-22)27-29(2,38)23(36)21(43-27)17-42-45(39,34-19)44-20-13-9-8-10-14-20/h8-10,13-14,18-19,21,23,27,36,38H,3-7,11-12,15-17H2,1-2H3,(H,34,39)(H2,30,32,33)/t19-,21?,23+,27?,29+,45?/m0/s1. The number of aromatic nitrogens is 4. The number of para-hydroxylation sites is 1. The summed E-state index contributed by atoms with van der Waals surface area (Å²) in [5.41, 5.74) is 4.68. The van der Waals surface area contributed by atoms with Crippen molar-refractivity contribution in [3.63, 3.8) is 0 Å². The second-order valence-electron chi connectivity index (χ2n) is 11.4. The summed E-state index contributed by atoms with van der Waals surface area (Å²) in [7, 11) is -4.26. The quantitative estimate of drug-likeness (QED) is 0.233. The number of hydrogen-bond donors (Lipinski definition) is 4. The molecule has 0 spiro atoms. The van der Waals surface area contributed by atoms with Crippen LogP contribution >= 0.6 is 7.75 Å². The van der Waals surface area contributed by atoms with Crippen LogP contribution in [0, 0.1) is 0 Å². The van der Waals surface area contributed by atoms with Crippen LogP contribution in [0.4, 0.5) is 5.95 Å². The molecule has 0 amide bonds. The van der Waals surface area contributed by atoms with Crippen molar-refractivity contribution >= 4 is 30.8 Å². The molecule has 5 N–H and O–H groups in total. The molecular weight excluding hydrogens is 607 g/mol. The number of esters is 1. The molecule has 2 aliphatic rings. The van der Waals surface area contributed by atoms with Crippen LogP contribution in [-0.4, -0.2) is 79.4 Å². The van der Waals surface area contributed by atoms with Gasteiger partial charge in [-0.2, -0.15) is 15.1 Å². The van der Waals surface area contributed by atoms with Crippen molar-refractivity contribution in [1.82, 2.24) is 24.6 Å². The first-order valence-electron chi connectivity index (χ1n) is 15.2. The molecule has 2 aromatic heterocycles. The number of cyclic esters (lactones) is 1. The third kappa shape index (κ3) is 7.91.